The van der Waals surface area contributed by atoms with E-state index in [9.17, 15) is 9.36 Å². The minimum atomic E-state index is -4.51. The Bertz CT molecular complexity index is 663. The topological polar surface area (TPSA) is 110 Å². The summed E-state index contributed by atoms with van der Waals surface area (Å²) in [5.74, 6) is 1.08. The Kier molecular flexibility index (Phi) is 9.32. The van der Waals surface area contributed by atoms with Crippen molar-refractivity contribution in [1.82, 2.24) is 0 Å². The normalized spacial score (nSPS) is 18.1. The van der Waals surface area contributed by atoms with Crippen LogP contribution in [0.5, 0.6) is 0 Å². The number of carbonyl (C=O) groups is 1. The summed E-state index contributed by atoms with van der Waals surface area (Å²) in [5, 5.41) is 0. The largest absolute Gasteiger partial charge is 0.469 e. The first-order chi connectivity index (χ1) is 13.1. The summed E-state index contributed by atoms with van der Waals surface area (Å²) < 4.78 is 15.3. The van der Waals surface area contributed by atoms with Gasteiger partial charge in [-0.3, -0.25) is 9.32 Å². The molecule has 0 aliphatic heterocycles. The van der Waals surface area contributed by atoms with E-state index >= 15 is 0 Å². The van der Waals surface area contributed by atoms with Gasteiger partial charge < -0.3 is 15.5 Å². The van der Waals surface area contributed by atoms with Crippen LogP contribution < -0.4 is 5.73 Å². The molecule has 1 saturated carbocycles. The van der Waals surface area contributed by atoms with Crippen LogP contribution in [0.3, 0.4) is 0 Å². The quantitative estimate of drug-likeness (QED) is 0.248. The van der Waals surface area contributed by atoms with Crippen molar-refractivity contribution < 1.29 is 23.7 Å². The second-order valence-electron chi connectivity index (χ2n) is 8.36. The van der Waals surface area contributed by atoms with Crippen LogP contribution in [0.2, 0.25) is 0 Å². The van der Waals surface area contributed by atoms with E-state index < -0.39 is 13.4 Å². The molecule has 1 aliphatic carbocycles. The van der Waals surface area contributed by atoms with Crippen LogP contribution in [-0.4, -0.2) is 27.7 Å². The van der Waals surface area contributed by atoms with E-state index in [2.05, 4.69) is 4.52 Å². The second-order valence-corrected chi connectivity index (χ2v) is 10.8. The van der Waals surface area contributed by atoms with Crippen LogP contribution in [0.15, 0.2) is 12.1 Å². The highest BCUT2D eigenvalue weighted by atomic mass is 32.1. The van der Waals surface area contributed by atoms with Crippen molar-refractivity contribution in [3.05, 3.63) is 21.9 Å². The van der Waals surface area contributed by atoms with E-state index in [0.29, 0.717) is 19.3 Å². The van der Waals surface area contributed by atoms with Gasteiger partial charge in [0.15, 0.2) is 5.78 Å². The molecule has 4 N–H and O–H groups in total. The highest BCUT2D eigenvalue weighted by molar-refractivity contribution is 7.46. The summed E-state index contributed by atoms with van der Waals surface area (Å²) in [5.41, 5.74) is 5.21. The molecule has 1 aromatic rings. The van der Waals surface area contributed by atoms with Crippen molar-refractivity contribution in [2.24, 2.45) is 11.7 Å². The number of thiophene rings is 1. The lowest BCUT2D eigenvalue weighted by Gasteiger charge is -2.24. The third kappa shape index (κ3) is 9.29. The highest BCUT2D eigenvalue weighted by Gasteiger charge is 2.25. The highest BCUT2D eigenvalue weighted by Crippen LogP contribution is 2.37. The van der Waals surface area contributed by atoms with Gasteiger partial charge in [0, 0.05) is 16.8 Å². The molecule has 8 heteroatoms. The van der Waals surface area contributed by atoms with Gasteiger partial charge in [0.05, 0.1) is 11.5 Å². The molecule has 1 unspecified atom stereocenters. The van der Waals surface area contributed by atoms with Crippen LogP contribution in [0.1, 0.15) is 85.7 Å². The number of rotatable bonds is 12. The first-order valence-corrected chi connectivity index (χ1v) is 12.6. The number of carbonyl (C=O) groups excluding carboxylic acids is 1. The van der Waals surface area contributed by atoms with Gasteiger partial charge in [0.25, 0.3) is 0 Å². The van der Waals surface area contributed by atoms with Crippen LogP contribution in [0, 0.1) is 5.92 Å². The SMILES string of the molecule is CC(N)(CCc1ccc(C(=O)CCCCC2CCCCC2)s1)COP(=O)(O)O. The number of ketones is 1. The van der Waals surface area contributed by atoms with Crippen LogP contribution in [-0.2, 0) is 15.5 Å². The molecule has 0 radical (unpaired) electrons. The van der Waals surface area contributed by atoms with E-state index in [0.717, 1.165) is 28.5 Å². The molecule has 1 aromatic heterocycles. The van der Waals surface area contributed by atoms with Crippen molar-refractivity contribution in [3.8, 4) is 0 Å². The fourth-order valence-corrected chi connectivity index (χ4v) is 5.13. The monoisotopic (exact) mass is 431 g/mol. The van der Waals surface area contributed by atoms with Crippen LogP contribution >= 0.6 is 19.2 Å². The summed E-state index contributed by atoms with van der Waals surface area (Å²) >= 11 is 1.49. The van der Waals surface area contributed by atoms with E-state index in [1.54, 1.807) is 6.92 Å². The fourth-order valence-electron chi connectivity index (χ4n) is 3.69. The Morgan fingerprint density at radius 2 is 2.00 bits per heavy atom. The maximum Gasteiger partial charge on any atom is 0.469 e. The number of Topliss-reactive ketones (excluding diaryl/α,β-unsaturated/α-hetero) is 1. The third-order valence-electron chi connectivity index (χ3n) is 5.43. The summed E-state index contributed by atoms with van der Waals surface area (Å²) in [4.78, 5) is 31.8. The number of aryl methyl sites for hydroxylation is 1. The fraction of sp³-hybridized carbons (Fsp3) is 0.750. The van der Waals surface area contributed by atoms with Gasteiger partial charge in [0.2, 0.25) is 0 Å². The van der Waals surface area contributed by atoms with Crippen molar-refractivity contribution >= 4 is 24.9 Å². The van der Waals surface area contributed by atoms with Gasteiger partial charge in [0.1, 0.15) is 0 Å². The van der Waals surface area contributed by atoms with E-state index in [1.807, 2.05) is 12.1 Å². The van der Waals surface area contributed by atoms with Crippen molar-refractivity contribution in [2.45, 2.75) is 83.1 Å². The number of phosphoric ester groups is 1. The van der Waals surface area contributed by atoms with Gasteiger partial charge in [-0.25, -0.2) is 4.57 Å². The zero-order valence-electron chi connectivity index (χ0n) is 16.8. The molecule has 1 heterocycles. The predicted octanol–water partition coefficient (Wildman–Crippen LogP) is 4.83. The van der Waals surface area contributed by atoms with Gasteiger partial charge in [-0.1, -0.05) is 44.9 Å². The van der Waals surface area contributed by atoms with Crippen molar-refractivity contribution in [2.75, 3.05) is 6.61 Å². The molecular weight excluding hydrogens is 397 g/mol. The number of hydrogen-bond acceptors (Lipinski definition) is 5. The van der Waals surface area contributed by atoms with Gasteiger partial charge in [-0.15, -0.1) is 11.3 Å². The Morgan fingerprint density at radius 1 is 1.29 bits per heavy atom. The van der Waals surface area contributed by atoms with E-state index in [-0.39, 0.29) is 12.4 Å². The van der Waals surface area contributed by atoms with E-state index in [1.165, 1.54) is 49.9 Å². The lowest BCUT2D eigenvalue weighted by Crippen LogP contribution is -2.41. The first kappa shape index (κ1) is 23.7. The summed E-state index contributed by atoms with van der Waals surface area (Å²) in [6.07, 6.45) is 12.0. The molecule has 1 fully saturated rings. The maximum absolute atomic E-state index is 12.4. The summed E-state index contributed by atoms with van der Waals surface area (Å²) in [6.45, 7) is 1.49. The Hall–Kier alpha value is -0.560. The zero-order valence-corrected chi connectivity index (χ0v) is 18.5. The predicted molar refractivity (Wildman–Crippen MR) is 113 cm³/mol. The molecule has 0 bridgehead atoms. The molecule has 0 saturated heterocycles. The smallest absolute Gasteiger partial charge is 0.323 e. The van der Waals surface area contributed by atoms with Crippen molar-refractivity contribution in [3.63, 3.8) is 0 Å². The lowest BCUT2D eigenvalue weighted by atomic mass is 9.85. The van der Waals surface area contributed by atoms with Gasteiger partial charge >= 0.3 is 7.82 Å². The van der Waals surface area contributed by atoms with Crippen LogP contribution in [0.25, 0.3) is 0 Å². The molecule has 1 aliphatic rings. The minimum absolute atomic E-state index is 0.209. The molecule has 160 valence electrons. The average molecular weight is 432 g/mol. The first-order valence-electron chi connectivity index (χ1n) is 10.3. The number of nitrogens with two attached hydrogens (primary N) is 1. The second kappa shape index (κ2) is 11.0. The number of hydrogen-bond donors (Lipinski definition) is 3. The molecule has 0 aromatic carbocycles. The van der Waals surface area contributed by atoms with Gasteiger partial charge in [-0.05, 0) is 44.2 Å². The molecule has 6 nitrogen and oxygen atoms in total. The molecule has 2 rings (SSSR count). The maximum atomic E-state index is 12.4. The standard InChI is InChI=1S/C20H34NO5PS/c1-20(21,15-26-27(23,24)25)14-13-17-11-12-19(28-17)18(22)10-6-5-9-16-7-3-2-4-8-16/h11-12,16H,2-10,13-15,21H2,1H3,(H2,23,24,25). The number of phosphoric acid groups is 1. The third-order valence-corrected chi connectivity index (χ3v) is 7.08. The Labute approximate surface area is 172 Å². The number of unbranched alkanes of at least 4 members (excludes halogenated alkanes) is 1. The Morgan fingerprint density at radius 3 is 2.68 bits per heavy atom. The zero-order chi connectivity index (χ0) is 20.6. The molecule has 28 heavy (non-hydrogen) atoms. The van der Waals surface area contributed by atoms with Crippen LogP contribution in [0.4, 0.5) is 0 Å². The lowest BCUT2D eigenvalue weighted by molar-refractivity contribution is 0.0982. The Balaban J connectivity index is 1.68. The molecule has 0 spiro atoms. The van der Waals surface area contributed by atoms with E-state index in [4.69, 9.17) is 15.5 Å². The van der Waals surface area contributed by atoms with Crippen molar-refractivity contribution in [1.29, 1.82) is 0 Å². The molecular formula is C20H34NO5PS. The summed E-state index contributed by atoms with van der Waals surface area (Å²) in [6, 6.07) is 3.82. The summed E-state index contributed by atoms with van der Waals surface area (Å²) in [7, 11) is -4.51. The molecule has 1 atom stereocenters. The van der Waals surface area contributed by atoms with Gasteiger partial charge in [-0.2, -0.15) is 0 Å². The average Bonchev–Trinajstić information content (AvgIpc) is 3.12. The molecule has 0 amide bonds. The minimum Gasteiger partial charge on any atom is -0.323 e.